The van der Waals surface area contributed by atoms with Crippen molar-refractivity contribution in [2.24, 2.45) is 5.92 Å². The predicted molar refractivity (Wildman–Crippen MR) is 115 cm³/mol. The third kappa shape index (κ3) is 5.62. The van der Waals surface area contributed by atoms with Gasteiger partial charge in [0.1, 0.15) is 17.3 Å². The Morgan fingerprint density at radius 3 is 2.65 bits per heavy atom. The number of ether oxygens (including phenoxy) is 2. The third-order valence-corrected chi connectivity index (χ3v) is 5.58. The van der Waals surface area contributed by atoms with Gasteiger partial charge < -0.3 is 9.47 Å². The van der Waals surface area contributed by atoms with Crippen molar-refractivity contribution in [3.8, 4) is 22.1 Å². The lowest BCUT2D eigenvalue weighted by atomic mass is 10.00. The number of imide groups is 1. The van der Waals surface area contributed by atoms with Crippen molar-refractivity contribution < 1.29 is 19.1 Å². The van der Waals surface area contributed by atoms with E-state index in [-0.39, 0.29) is 11.8 Å². The first-order valence-corrected chi connectivity index (χ1v) is 10.6. The number of nitrogens with one attached hydrogen (secondary N) is 2. The van der Waals surface area contributed by atoms with Gasteiger partial charge in [0.05, 0.1) is 21.8 Å². The minimum absolute atomic E-state index is 0.206. The Morgan fingerprint density at radius 2 is 1.94 bits per heavy atom. The normalized spacial score (nSPS) is 14.1. The molecule has 0 atom stereocenters. The van der Waals surface area contributed by atoms with Gasteiger partial charge >= 0.3 is 6.03 Å². The summed E-state index contributed by atoms with van der Waals surface area (Å²) in [5.41, 5.74) is 0.778. The minimum Gasteiger partial charge on any atom is -0.456 e. The van der Waals surface area contributed by atoms with Gasteiger partial charge in [0.25, 0.3) is 0 Å². The fraction of sp³-hybridized carbons (Fsp3) is 0.286. The van der Waals surface area contributed by atoms with Gasteiger partial charge in [-0.3, -0.25) is 20.4 Å². The number of nitrogens with zero attached hydrogens (tertiary/aromatic N) is 3. The molecule has 3 aromatic heterocycles. The summed E-state index contributed by atoms with van der Waals surface area (Å²) >= 11 is 1.56. The molecule has 3 amide bonds. The molecule has 3 aromatic rings. The van der Waals surface area contributed by atoms with Crippen LogP contribution in [-0.2, 0) is 9.53 Å². The van der Waals surface area contributed by atoms with Crippen LogP contribution in [0.25, 0.3) is 10.6 Å². The second-order valence-corrected chi connectivity index (χ2v) is 8.17. The smallest absolute Gasteiger partial charge is 0.327 e. The van der Waals surface area contributed by atoms with Crippen molar-refractivity contribution in [2.75, 3.05) is 18.5 Å². The fourth-order valence-electron chi connectivity index (χ4n) is 3.06. The third-order valence-electron chi connectivity index (χ3n) is 4.65. The highest BCUT2D eigenvalue weighted by Gasteiger charge is 2.23. The number of aryl methyl sites for hydroxylation is 1. The van der Waals surface area contributed by atoms with E-state index in [1.807, 2.05) is 13.0 Å². The van der Waals surface area contributed by atoms with E-state index >= 15 is 0 Å². The van der Waals surface area contributed by atoms with Gasteiger partial charge in [0.15, 0.2) is 0 Å². The molecule has 2 N–H and O–H groups in total. The molecule has 10 heteroatoms. The number of amides is 3. The summed E-state index contributed by atoms with van der Waals surface area (Å²) in [6, 6.07) is 6.24. The quantitative estimate of drug-likeness (QED) is 0.622. The molecule has 1 saturated heterocycles. The number of carbonyl (C=O) groups is 2. The maximum Gasteiger partial charge on any atom is 0.327 e. The van der Waals surface area contributed by atoms with E-state index < -0.39 is 6.03 Å². The molecule has 0 saturated carbocycles. The zero-order chi connectivity index (χ0) is 21.6. The summed E-state index contributed by atoms with van der Waals surface area (Å²) in [6.45, 7) is 3.01. The number of anilines is 1. The Labute approximate surface area is 182 Å². The van der Waals surface area contributed by atoms with Crippen molar-refractivity contribution in [1.29, 1.82) is 0 Å². The lowest BCUT2D eigenvalue weighted by Gasteiger charge is -2.20. The molecule has 1 aliphatic heterocycles. The summed E-state index contributed by atoms with van der Waals surface area (Å²) in [6.07, 6.45) is 6.17. The minimum atomic E-state index is -0.615. The number of hydrogen-bond acceptors (Lipinski definition) is 8. The van der Waals surface area contributed by atoms with Gasteiger partial charge in [0.2, 0.25) is 5.91 Å². The van der Waals surface area contributed by atoms with Crippen LogP contribution in [0.3, 0.4) is 0 Å². The van der Waals surface area contributed by atoms with Crippen LogP contribution < -0.4 is 15.4 Å². The largest absolute Gasteiger partial charge is 0.456 e. The van der Waals surface area contributed by atoms with E-state index in [0.29, 0.717) is 43.4 Å². The van der Waals surface area contributed by atoms with Gasteiger partial charge in [-0.2, -0.15) is 0 Å². The highest BCUT2D eigenvalue weighted by atomic mass is 32.1. The molecular formula is C21H21N5O4S. The van der Waals surface area contributed by atoms with Gasteiger partial charge in [-0.25, -0.2) is 14.8 Å². The molecule has 1 aliphatic rings. The van der Waals surface area contributed by atoms with E-state index in [4.69, 9.17) is 9.47 Å². The first-order chi connectivity index (χ1) is 15.1. The van der Waals surface area contributed by atoms with Crippen molar-refractivity contribution in [3.05, 3.63) is 47.9 Å². The molecular weight excluding hydrogens is 418 g/mol. The van der Waals surface area contributed by atoms with E-state index in [1.165, 1.54) is 6.20 Å². The van der Waals surface area contributed by atoms with Gasteiger partial charge in [-0.1, -0.05) is 0 Å². The Bertz CT molecular complexity index is 1060. The lowest BCUT2D eigenvalue weighted by molar-refractivity contribution is -0.126. The van der Waals surface area contributed by atoms with Crippen molar-refractivity contribution in [2.45, 2.75) is 19.8 Å². The number of rotatable bonds is 5. The molecule has 0 unspecified atom stereocenters. The number of carbonyl (C=O) groups excluding carboxylic acids is 2. The highest BCUT2D eigenvalue weighted by molar-refractivity contribution is 7.15. The monoisotopic (exact) mass is 439 g/mol. The first kappa shape index (κ1) is 20.9. The average molecular weight is 439 g/mol. The SMILES string of the molecule is Cc1ncc(-c2cc(Oc3ccc(NC(=O)NC(=O)C4CCOCC4)nc3)ccn2)s1. The summed E-state index contributed by atoms with van der Waals surface area (Å²) in [7, 11) is 0. The van der Waals surface area contributed by atoms with Gasteiger partial charge in [0, 0.05) is 37.6 Å². The molecule has 0 radical (unpaired) electrons. The molecule has 9 nitrogen and oxygen atoms in total. The molecule has 31 heavy (non-hydrogen) atoms. The second kappa shape index (κ2) is 9.63. The highest BCUT2D eigenvalue weighted by Crippen LogP contribution is 2.28. The average Bonchev–Trinajstić information content (AvgIpc) is 3.22. The van der Waals surface area contributed by atoms with E-state index in [0.717, 1.165) is 15.6 Å². The van der Waals surface area contributed by atoms with Crippen LogP contribution in [0.5, 0.6) is 11.5 Å². The number of hydrogen-bond donors (Lipinski definition) is 2. The molecule has 0 spiro atoms. The van der Waals surface area contributed by atoms with E-state index in [9.17, 15) is 9.59 Å². The van der Waals surface area contributed by atoms with Crippen LogP contribution in [-0.4, -0.2) is 40.1 Å². The zero-order valence-electron chi connectivity index (χ0n) is 16.8. The maximum atomic E-state index is 12.1. The first-order valence-electron chi connectivity index (χ1n) is 9.79. The topological polar surface area (TPSA) is 115 Å². The Balaban J connectivity index is 1.33. The van der Waals surface area contributed by atoms with Crippen molar-refractivity contribution in [3.63, 3.8) is 0 Å². The summed E-state index contributed by atoms with van der Waals surface area (Å²) in [4.78, 5) is 37.9. The molecule has 1 fully saturated rings. The molecule has 4 rings (SSSR count). The van der Waals surface area contributed by atoms with Crippen LogP contribution in [0.4, 0.5) is 10.6 Å². The molecule has 4 heterocycles. The Morgan fingerprint density at radius 1 is 1.10 bits per heavy atom. The zero-order valence-corrected chi connectivity index (χ0v) is 17.6. The van der Waals surface area contributed by atoms with E-state index in [2.05, 4.69) is 25.6 Å². The molecule has 160 valence electrons. The summed E-state index contributed by atoms with van der Waals surface area (Å²) < 4.78 is 11.1. The van der Waals surface area contributed by atoms with Crippen LogP contribution in [0.1, 0.15) is 17.8 Å². The number of thiazole rings is 1. The maximum absolute atomic E-state index is 12.1. The van der Waals surface area contributed by atoms with Crippen LogP contribution in [0.15, 0.2) is 42.9 Å². The second-order valence-electron chi connectivity index (χ2n) is 6.93. The Hall–Kier alpha value is -3.37. The van der Waals surface area contributed by atoms with Crippen LogP contribution in [0, 0.1) is 12.8 Å². The number of pyridine rings is 2. The van der Waals surface area contributed by atoms with Crippen LogP contribution >= 0.6 is 11.3 Å². The van der Waals surface area contributed by atoms with Gasteiger partial charge in [-0.05, 0) is 38.0 Å². The molecule has 0 aliphatic carbocycles. The standard InChI is InChI=1S/C21H21N5O4S/c1-13-23-12-18(31-13)17-10-15(4-7-22-17)30-16-2-3-19(24-11-16)25-21(28)26-20(27)14-5-8-29-9-6-14/h2-4,7,10-12,14H,5-6,8-9H2,1H3,(H2,24,25,26,27,28). The lowest BCUT2D eigenvalue weighted by Crippen LogP contribution is -2.40. The predicted octanol–water partition coefficient (Wildman–Crippen LogP) is 3.78. The van der Waals surface area contributed by atoms with Crippen molar-refractivity contribution in [1.82, 2.24) is 20.3 Å². The van der Waals surface area contributed by atoms with Crippen molar-refractivity contribution >= 4 is 29.1 Å². The summed E-state index contributed by atoms with van der Waals surface area (Å²) in [5.74, 6) is 0.910. The van der Waals surface area contributed by atoms with E-state index in [1.54, 1.807) is 41.9 Å². The summed E-state index contributed by atoms with van der Waals surface area (Å²) in [5, 5.41) is 5.87. The van der Waals surface area contributed by atoms with Crippen LogP contribution in [0.2, 0.25) is 0 Å². The van der Waals surface area contributed by atoms with Gasteiger partial charge in [-0.15, -0.1) is 11.3 Å². The molecule has 0 bridgehead atoms. The number of urea groups is 1. The molecule has 0 aromatic carbocycles. The Kier molecular flexibility index (Phi) is 6.48. The number of aromatic nitrogens is 3. The fourth-order valence-corrected chi connectivity index (χ4v) is 3.81.